The highest BCUT2D eigenvalue weighted by atomic mass is 32.2. The van der Waals surface area contributed by atoms with Crippen LogP contribution in [0.1, 0.15) is 0 Å². The molecule has 1 rings (SSSR count). The second kappa shape index (κ2) is 4.82. The first-order valence-electron chi connectivity index (χ1n) is 3.24. The third kappa shape index (κ3) is 6.26. The summed E-state index contributed by atoms with van der Waals surface area (Å²) in [6, 6.07) is 0.964. The van der Waals surface area contributed by atoms with Crippen LogP contribution in [0.3, 0.4) is 0 Å². The lowest BCUT2D eigenvalue weighted by molar-refractivity contribution is -0.363. The van der Waals surface area contributed by atoms with E-state index in [1.807, 2.05) is 0 Å². The van der Waals surface area contributed by atoms with E-state index < -0.39 is 21.8 Å². The topological polar surface area (TPSA) is 97.4 Å². The second-order valence-corrected chi connectivity index (χ2v) is 3.67. The van der Waals surface area contributed by atoms with Crippen LogP contribution in [0.2, 0.25) is 0 Å². The van der Waals surface area contributed by atoms with E-state index in [9.17, 15) is 8.78 Å². The van der Waals surface area contributed by atoms with Crippen molar-refractivity contribution in [2.75, 3.05) is 12.0 Å². The van der Waals surface area contributed by atoms with Gasteiger partial charge in [0, 0.05) is 12.3 Å². The van der Waals surface area contributed by atoms with Gasteiger partial charge < -0.3 is 4.55 Å². The minimum absolute atomic E-state index is 0.282. The average Bonchev–Trinajstić information content (AvgIpc) is 1.97. The molecular weight excluding hydrogens is 218 g/mol. The number of aromatic nitrogens is 1. The average molecular weight is 226 g/mol. The summed E-state index contributed by atoms with van der Waals surface area (Å²) in [5.41, 5.74) is 4.95. The van der Waals surface area contributed by atoms with E-state index in [0.717, 1.165) is 6.07 Å². The molecule has 0 fully saturated rings. The van der Waals surface area contributed by atoms with E-state index in [1.54, 1.807) is 0 Å². The fourth-order valence-corrected chi connectivity index (χ4v) is 0.470. The van der Waals surface area contributed by atoms with Gasteiger partial charge >= 0.3 is 5.82 Å². The van der Waals surface area contributed by atoms with Crippen molar-refractivity contribution >= 4 is 15.9 Å². The van der Waals surface area contributed by atoms with Crippen molar-refractivity contribution in [3.8, 4) is 0 Å². The van der Waals surface area contributed by atoms with Crippen LogP contribution in [-0.2, 0) is 10.1 Å². The van der Waals surface area contributed by atoms with Gasteiger partial charge in [-0.2, -0.15) is 4.39 Å². The molecule has 0 saturated heterocycles. The summed E-state index contributed by atoms with van der Waals surface area (Å²) < 4.78 is 51.5. The zero-order valence-corrected chi connectivity index (χ0v) is 7.94. The van der Waals surface area contributed by atoms with Crippen LogP contribution < -0.4 is 10.7 Å². The van der Waals surface area contributed by atoms with Gasteiger partial charge in [-0.15, -0.1) is 0 Å². The monoisotopic (exact) mass is 226 g/mol. The summed E-state index contributed by atoms with van der Waals surface area (Å²) in [5.74, 6) is -2.25. The Morgan fingerprint density at radius 1 is 1.50 bits per heavy atom. The Kier molecular flexibility index (Phi) is 4.38. The first-order valence-corrected chi connectivity index (χ1v) is 5.05. The first-order chi connectivity index (χ1) is 6.22. The molecule has 1 aromatic heterocycles. The number of H-pyrrole nitrogens is 1. The molecule has 3 N–H and O–H groups in total. The van der Waals surface area contributed by atoms with Crippen molar-refractivity contribution in [3.63, 3.8) is 0 Å². The lowest BCUT2D eigenvalue weighted by Crippen LogP contribution is -2.12. The number of hydrogen-bond acceptors (Lipinski definition) is 4. The Balaban J connectivity index is 0.000000292. The minimum Gasteiger partial charge on any atom is -0.748 e. The zero-order chi connectivity index (χ0) is 11.4. The normalized spacial score (nSPS) is 10.3. The molecule has 0 spiro atoms. The lowest BCUT2D eigenvalue weighted by Gasteiger charge is -1.90. The summed E-state index contributed by atoms with van der Waals surface area (Å²) in [6.45, 7) is 0. The van der Waals surface area contributed by atoms with Gasteiger partial charge in [0.05, 0.1) is 16.3 Å². The zero-order valence-electron chi connectivity index (χ0n) is 7.12. The highest BCUT2D eigenvalue weighted by molar-refractivity contribution is 7.84. The number of rotatable bonds is 0. The van der Waals surface area contributed by atoms with Crippen molar-refractivity contribution in [2.45, 2.75) is 0 Å². The Bertz CT molecular complexity index is 379. The van der Waals surface area contributed by atoms with Crippen LogP contribution in [0.25, 0.3) is 0 Å². The molecule has 0 aliphatic heterocycles. The molecule has 0 unspecified atom stereocenters. The maximum Gasteiger partial charge on any atom is 0.309 e. The van der Waals surface area contributed by atoms with Gasteiger partial charge in [0.15, 0.2) is 5.82 Å². The summed E-state index contributed by atoms with van der Waals surface area (Å²) in [4.78, 5) is 2.30. The van der Waals surface area contributed by atoms with Gasteiger partial charge in [0.2, 0.25) is 5.82 Å². The van der Waals surface area contributed by atoms with E-state index in [2.05, 4.69) is 4.98 Å². The van der Waals surface area contributed by atoms with Gasteiger partial charge in [0.25, 0.3) is 0 Å². The predicted octanol–water partition coefficient (Wildman–Crippen LogP) is -0.477. The molecule has 0 atom stereocenters. The number of pyridine rings is 1. The third-order valence-corrected chi connectivity index (χ3v) is 0.915. The van der Waals surface area contributed by atoms with Gasteiger partial charge in [-0.25, -0.2) is 17.8 Å². The van der Waals surface area contributed by atoms with Crippen molar-refractivity contribution < 1.29 is 26.7 Å². The SMILES string of the molecule is CS(=O)(=O)[O-].Nc1[nH+]ccc(F)c1F. The quantitative estimate of drug-likeness (QED) is 0.604. The van der Waals surface area contributed by atoms with E-state index in [-0.39, 0.29) is 5.82 Å². The van der Waals surface area contributed by atoms with E-state index in [4.69, 9.17) is 18.7 Å². The fraction of sp³-hybridized carbons (Fsp3) is 0.167. The largest absolute Gasteiger partial charge is 0.748 e. The number of hydrogen-bond donors (Lipinski definition) is 1. The third-order valence-electron chi connectivity index (χ3n) is 0.915. The molecule has 1 heterocycles. The number of aromatic amines is 1. The second-order valence-electron chi connectivity index (χ2n) is 2.26. The number of halogens is 2. The van der Waals surface area contributed by atoms with Crippen LogP contribution in [0, 0.1) is 11.6 Å². The summed E-state index contributed by atoms with van der Waals surface area (Å²) in [7, 11) is -3.92. The highest BCUT2D eigenvalue weighted by Crippen LogP contribution is 2.05. The standard InChI is InChI=1S/C5H4F2N2.CH4O3S/c6-3-1-2-9-5(8)4(3)7;1-5(2,3)4/h1-2H,(H2,8,9);1H3,(H,2,3,4). The van der Waals surface area contributed by atoms with E-state index >= 15 is 0 Å². The van der Waals surface area contributed by atoms with Crippen molar-refractivity contribution in [3.05, 3.63) is 23.9 Å². The maximum atomic E-state index is 12.2. The Labute approximate surface area is 79.3 Å². The van der Waals surface area contributed by atoms with Crippen LogP contribution in [0.15, 0.2) is 12.3 Å². The van der Waals surface area contributed by atoms with Crippen molar-refractivity contribution in [1.29, 1.82) is 0 Å². The van der Waals surface area contributed by atoms with Crippen LogP contribution in [0.5, 0.6) is 0 Å². The van der Waals surface area contributed by atoms with Gasteiger partial charge in [-0.05, 0) is 0 Å². The molecule has 14 heavy (non-hydrogen) atoms. The fourth-order valence-electron chi connectivity index (χ4n) is 0.470. The molecule has 0 aromatic carbocycles. The predicted molar refractivity (Wildman–Crippen MR) is 42.9 cm³/mol. The van der Waals surface area contributed by atoms with E-state index in [0.29, 0.717) is 6.26 Å². The number of anilines is 1. The number of nitrogens with one attached hydrogen (secondary N) is 1. The van der Waals surface area contributed by atoms with Crippen molar-refractivity contribution in [1.82, 2.24) is 0 Å². The molecule has 5 nitrogen and oxygen atoms in total. The minimum atomic E-state index is -3.92. The summed E-state index contributed by atoms with van der Waals surface area (Å²) >= 11 is 0. The van der Waals surface area contributed by atoms with Crippen LogP contribution >= 0.6 is 0 Å². The summed E-state index contributed by atoms with van der Waals surface area (Å²) in [6.07, 6.45) is 1.83. The van der Waals surface area contributed by atoms with Gasteiger partial charge in [-0.3, -0.25) is 5.73 Å². The van der Waals surface area contributed by atoms with Crippen LogP contribution in [0.4, 0.5) is 14.6 Å². The molecular formula is C6H8F2N2O3S. The number of nitrogen functional groups attached to an aromatic ring is 1. The summed E-state index contributed by atoms with van der Waals surface area (Å²) in [5, 5.41) is 0. The maximum absolute atomic E-state index is 12.2. The van der Waals surface area contributed by atoms with Gasteiger partial charge in [-0.1, -0.05) is 0 Å². The van der Waals surface area contributed by atoms with Gasteiger partial charge in [0.1, 0.15) is 0 Å². The van der Waals surface area contributed by atoms with Crippen LogP contribution in [-0.4, -0.2) is 19.2 Å². The molecule has 0 bridgehead atoms. The molecule has 0 saturated carbocycles. The van der Waals surface area contributed by atoms with E-state index in [1.165, 1.54) is 6.20 Å². The highest BCUT2D eigenvalue weighted by Gasteiger charge is 2.08. The first kappa shape index (κ1) is 12.7. The molecule has 0 radical (unpaired) electrons. The number of nitrogens with two attached hydrogens (primary N) is 1. The molecule has 1 aromatic rings. The Hall–Kier alpha value is -1.28. The smallest absolute Gasteiger partial charge is 0.309 e. The molecule has 0 aliphatic rings. The molecule has 8 heteroatoms. The molecule has 0 amide bonds. The lowest BCUT2D eigenvalue weighted by atomic mass is 10.4. The van der Waals surface area contributed by atoms with Crippen molar-refractivity contribution in [2.24, 2.45) is 0 Å². The molecule has 0 aliphatic carbocycles. The Morgan fingerprint density at radius 3 is 2.21 bits per heavy atom. The Morgan fingerprint density at radius 2 is 1.93 bits per heavy atom. The molecule has 80 valence electrons.